The number of carbonyl (C=O) groups is 1. The lowest BCUT2D eigenvalue weighted by Gasteiger charge is -2.44. The quantitative estimate of drug-likeness (QED) is 0.0936. The lowest BCUT2D eigenvalue weighted by atomic mass is 9.98. The van der Waals surface area contributed by atoms with Crippen LogP contribution in [0.2, 0.25) is 0 Å². The van der Waals surface area contributed by atoms with Crippen LogP contribution in [-0.2, 0) is 47.4 Å². The van der Waals surface area contributed by atoms with E-state index in [4.69, 9.17) is 42.6 Å². The van der Waals surface area contributed by atoms with Gasteiger partial charge >= 0.3 is 5.97 Å². The van der Waals surface area contributed by atoms with Crippen LogP contribution in [0.4, 0.5) is 0 Å². The van der Waals surface area contributed by atoms with Gasteiger partial charge in [0.15, 0.2) is 25.2 Å². The van der Waals surface area contributed by atoms with E-state index < -0.39 is 161 Å². The summed E-state index contributed by atoms with van der Waals surface area (Å²) in [5.74, 6) is -3.66. The second-order valence-corrected chi connectivity index (χ2v) is 12.7. The van der Waals surface area contributed by atoms with Gasteiger partial charge in [-0.2, -0.15) is 0 Å². The van der Waals surface area contributed by atoms with Gasteiger partial charge in [-0.15, -0.1) is 0 Å². The van der Waals surface area contributed by atoms with E-state index in [9.17, 15) is 71.2 Å². The van der Waals surface area contributed by atoms with E-state index in [1.54, 1.807) is 0 Å². The molecule has 290 valence electrons. The van der Waals surface area contributed by atoms with E-state index >= 15 is 0 Å². The van der Waals surface area contributed by atoms with Crippen molar-refractivity contribution in [3.8, 4) is 0 Å². The van der Waals surface area contributed by atoms with E-state index in [1.807, 2.05) is 0 Å². The first kappa shape index (κ1) is 39.8. The van der Waals surface area contributed by atoms with Gasteiger partial charge in [-0.3, -0.25) is 0 Å². The summed E-state index contributed by atoms with van der Waals surface area (Å²) in [6, 6.07) is 0. The molecule has 0 amide bonds. The molecule has 0 spiro atoms. The number of carboxylic acids is 1. The minimum Gasteiger partial charge on any atom is -0.477 e. The average molecular weight is 737 g/mol. The molecule has 5 heterocycles. The van der Waals surface area contributed by atoms with Gasteiger partial charge in [0.25, 0.3) is 5.79 Å². The van der Waals surface area contributed by atoms with Crippen LogP contribution in [0, 0.1) is 0 Å². The number of ether oxygens (including phenoxy) is 9. The third-order valence-corrected chi connectivity index (χ3v) is 9.20. The molecule has 23 heteroatoms. The molecule has 5 aliphatic heterocycles. The third kappa shape index (κ3) is 7.79. The summed E-state index contributed by atoms with van der Waals surface area (Å²) >= 11 is 0. The van der Waals surface area contributed by atoms with Crippen LogP contribution in [0.1, 0.15) is 6.92 Å². The van der Waals surface area contributed by atoms with Crippen molar-refractivity contribution in [1.82, 2.24) is 0 Å². The van der Waals surface area contributed by atoms with Crippen molar-refractivity contribution in [2.75, 3.05) is 26.4 Å². The van der Waals surface area contributed by atoms with E-state index in [1.165, 1.54) is 0 Å². The highest BCUT2D eigenvalue weighted by Gasteiger charge is 2.60. The second-order valence-electron chi connectivity index (χ2n) is 12.7. The van der Waals surface area contributed by atoms with Gasteiger partial charge < -0.3 is 109 Å². The Morgan fingerprint density at radius 2 is 0.900 bits per heavy atom. The van der Waals surface area contributed by atoms with Crippen LogP contribution in [-0.4, -0.2) is 227 Å². The minimum absolute atomic E-state index is 0.641. The summed E-state index contributed by atoms with van der Waals surface area (Å²) in [6.07, 6.45) is -33.2. The van der Waals surface area contributed by atoms with Crippen LogP contribution >= 0.6 is 0 Å². The van der Waals surface area contributed by atoms with Gasteiger partial charge in [-0.25, -0.2) is 4.79 Å². The van der Waals surface area contributed by atoms with Crippen LogP contribution < -0.4 is 0 Å². The van der Waals surface area contributed by atoms with Crippen molar-refractivity contribution in [3.63, 3.8) is 0 Å². The number of carboxylic acid groups (broad SMARTS) is 1. The van der Waals surface area contributed by atoms with Crippen molar-refractivity contribution in [3.05, 3.63) is 0 Å². The van der Waals surface area contributed by atoms with E-state index in [2.05, 4.69) is 0 Å². The minimum atomic E-state index is -2.16. The van der Waals surface area contributed by atoms with E-state index in [-0.39, 0.29) is 0 Å². The fourth-order valence-electron chi connectivity index (χ4n) is 6.12. The lowest BCUT2D eigenvalue weighted by molar-refractivity contribution is -0.345. The van der Waals surface area contributed by atoms with Crippen molar-refractivity contribution in [2.24, 2.45) is 0 Å². The van der Waals surface area contributed by atoms with Crippen molar-refractivity contribution >= 4 is 5.97 Å². The molecule has 0 aromatic rings. The van der Waals surface area contributed by atoms with Crippen LogP contribution in [0.15, 0.2) is 0 Å². The zero-order valence-electron chi connectivity index (χ0n) is 26.3. The average Bonchev–Trinajstić information content (AvgIpc) is 3.47. The number of aliphatic hydroxyl groups is 12. The summed E-state index contributed by atoms with van der Waals surface area (Å²) in [4.78, 5) is 11.6. The van der Waals surface area contributed by atoms with E-state index in [0.29, 0.717) is 0 Å². The summed E-state index contributed by atoms with van der Waals surface area (Å²) in [6.45, 7) is -1.57. The van der Waals surface area contributed by atoms with E-state index in [0.717, 1.165) is 6.92 Å². The van der Waals surface area contributed by atoms with Gasteiger partial charge in [0.2, 0.25) is 0 Å². The fraction of sp³-hybridized carbons (Fsp3) is 0.963. The molecule has 5 saturated heterocycles. The Morgan fingerprint density at radius 3 is 1.34 bits per heavy atom. The van der Waals surface area contributed by atoms with Crippen LogP contribution in [0.3, 0.4) is 0 Å². The Hall–Kier alpha value is -1.37. The first-order chi connectivity index (χ1) is 23.5. The lowest BCUT2D eigenvalue weighted by Crippen LogP contribution is -2.63. The van der Waals surface area contributed by atoms with Crippen molar-refractivity contribution in [1.29, 1.82) is 0 Å². The molecule has 0 aliphatic carbocycles. The maximum absolute atomic E-state index is 11.6. The maximum atomic E-state index is 11.6. The summed E-state index contributed by atoms with van der Waals surface area (Å²) in [7, 11) is 0. The molecular formula is C27H44O23. The van der Waals surface area contributed by atoms with Gasteiger partial charge in [-0.1, -0.05) is 0 Å². The Bertz CT molecular complexity index is 1140. The molecule has 0 aromatic carbocycles. The number of fused-ring (bicyclic) bond motifs is 1. The summed E-state index contributed by atoms with van der Waals surface area (Å²) < 4.78 is 48.7. The Kier molecular flexibility index (Phi) is 12.7. The number of hydrogen-bond acceptors (Lipinski definition) is 22. The Balaban J connectivity index is 1.17. The third-order valence-electron chi connectivity index (χ3n) is 9.20. The normalized spacial score (nSPS) is 52.8. The largest absolute Gasteiger partial charge is 0.477 e. The molecule has 13 N–H and O–H groups in total. The molecular weight excluding hydrogens is 692 g/mol. The summed E-state index contributed by atoms with van der Waals surface area (Å²) in [5.41, 5.74) is 0. The SMILES string of the molecule is C[C@@]1(C(=O)O)O[C@@H]2[C@@H](O)[C@H](OC[C@H]3O[C@@H](OC[C@H]4O[C@@H](OC[C@H]5O[C@H](O)[C@H](O)[C@@H](O)[C@H]5O)[C@H](O)[C@@H](O)[C@@H]4O)[C@H](O)[C@@H](O)[C@H]3O)O[C@H](CO)[C@@H]2O1. The smallest absolute Gasteiger partial charge is 0.364 e. The number of rotatable bonds is 11. The fourth-order valence-corrected chi connectivity index (χ4v) is 6.12. The first-order valence-corrected chi connectivity index (χ1v) is 15.6. The van der Waals surface area contributed by atoms with Gasteiger partial charge in [0, 0.05) is 6.92 Å². The Morgan fingerprint density at radius 1 is 0.520 bits per heavy atom. The number of aliphatic carboxylic acids is 1. The molecule has 5 rings (SSSR count). The topological polar surface area (TPSA) is 363 Å². The molecule has 5 fully saturated rings. The number of hydrogen-bond donors (Lipinski definition) is 13. The monoisotopic (exact) mass is 736 g/mol. The van der Waals surface area contributed by atoms with Crippen molar-refractivity contribution in [2.45, 2.75) is 136 Å². The van der Waals surface area contributed by atoms with Gasteiger partial charge in [0.1, 0.15) is 97.7 Å². The molecule has 50 heavy (non-hydrogen) atoms. The molecule has 0 radical (unpaired) electrons. The standard InChI is InChI=1S/C27H44O23/c1-27(26(40)41)49-20-6(2-28)46-25(19(38)21(20)50-27)44-5-9-12(31)15(34)18(37)24(48-9)43-4-8-11(30)14(33)17(36)23(47-8)42-3-7-10(29)13(32)16(35)22(39)45-7/h6-25,28-39H,2-5H2,1H3,(H,40,41)/t6-,7-,8-,9-,10+,11-,12+,13+,14+,15+,16-,17-,18-,19-,20+,21-,22+,23-,24-,25-,27+/m1/s1. The first-order valence-electron chi connectivity index (χ1n) is 15.6. The molecule has 21 atom stereocenters. The molecule has 5 aliphatic rings. The summed E-state index contributed by atoms with van der Waals surface area (Å²) in [5, 5.41) is 132. The molecule has 0 bridgehead atoms. The predicted octanol–water partition coefficient (Wildman–Crippen LogP) is -8.89. The van der Waals surface area contributed by atoms with Gasteiger partial charge in [-0.05, 0) is 0 Å². The number of aliphatic hydroxyl groups excluding tert-OH is 12. The van der Waals surface area contributed by atoms with Crippen LogP contribution in [0.25, 0.3) is 0 Å². The zero-order valence-corrected chi connectivity index (χ0v) is 26.3. The van der Waals surface area contributed by atoms with Crippen molar-refractivity contribution < 1.29 is 114 Å². The van der Waals surface area contributed by atoms with Crippen LogP contribution in [0.5, 0.6) is 0 Å². The predicted molar refractivity (Wildman–Crippen MR) is 148 cm³/mol. The molecule has 0 aromatic heterocycles. The Labute approximate surface area is 282 Å². The molecule has 0 unspecified atom stereocenters. The van der Waals surface area contributed by atoms with Gasteiger partial charge in [0.05, 0.1) is 26.4 Å². The molecule has 0 saturated carbocycles. The second kappa shape index (κ2) is 15.9. The molecule has 23 nitrogen and oxygen atoms in total. The highest BCUT2D eigenvalue weighted by molar-refractivity contribution is 5.75. The highest BCUT2D eigenvalue weighted by Crippen LogP contribution is 2.38. The highest BCUT2D eigenvalue weighted by atomic mass is 16.8. The maximum Gasteiger partial charge on any atom is 0.364 e. The zero-order chi connectivity index (χ0) is 36.8.